The molecule has 0 bridgehead atoms. The fraction of sp³-hybridized carbons (Fsp3) is 0.333. The lowest BCUT2D eigenvalue weighted by Crippen LogP contribution is -2.16. The van der Waals surface area contributed by atoms with Gasteiger partial charge in [0, 0.05) is 27.3 Å². The Kier molecular flexibility index (Phi) is 4.29. The molecule has 106 valence electrons. The van der Waals surface area contributed by atoms with E-state index in [4.69, 9.17) is 9.47 Å². The van der Waals surface area contributed by atoms with Crippen molar-refractivity contribution in [2.24, 2.45) is 0 Å². The van der Waals surface area contributed by atoms with Crippen molar-refractivity contribution in [3.05, 3.63) is 44.1 Å². The molecule has 0 spiro atoms. The first-order valence-electron chi connectivity index (χ1n) is 6.56. The molecule has 5 heteroatoms. The van der Waals surface area contributed by atoms with Crippen LogP contribution in [0.2, 0.25) is 0 Å². The summed E-state index contributed by atoms with van der Waals surface area (Å²) in [6.07, 6.45) is 0. The highest BCUT2D eigenvalue weighted by Crippen LogP contribution is 2.31. The van der Waals surface area contributed by atoms with E-state index in [1.165, 1.54) is 19.8 Å². The summed E-state index contributed by atoms with van der Waals surface area (Å²) in [7, 11) is 0. The van der Waals surface area contributed by atoms with Crippen LogP contribution >= 0.6 is 27.3 Å². The van der Waals surface area contributed by atoms with Crippen LogP contribution in [0.25, 0.3) is 0 Å². The summed E-state index contributed by atoms with van der Waals surface area (Å²) in [6, 6.07) is 8.29. The standard InChI is InChI=1S/C15H16BrNO2S/c1-10-13(16)7-12(20-10)9-17-8-11-2-3-14-15(6-11)19-5-4-18-14/h2-3,6-7,17H,4-5,8-9H2,1H3. The van der Waals surface area contributed by atoms with Gasteiger partial charge >= 0.3 is 0 Å². The third kappa shape index (κ3) is 3.16. The van der Waals surface area contributed by atoms with Gasteiger partial charge in [-0.25, -0.2) is 0 Å². The van der Waals surface area contributed by atoms with Gasteiger partial charge in [0.25, 0.3) is 0 Å². The number of hydrogen-bond acceptors (Lipinski definition) is 4. The number of ether oxygens (including phenoxy) is 2. The molecule has 1 aromatic heterocycles. The zero-order valence-corrected chi connectivity index (χ0v) is 13.6. The molecule has 1 aromatic carbocycles. The lowest BCUT2D eigenvalue weighted by Gasteiger charge is -2.18. The lowest BCUT2D eigenvalue weighted by molar-refractivity contribution is 0.171. The van der Waals surface area contributed by atoms with Gasteiger partial charge in [0.2, 0.25) is 0 Å². The Bertz CT molecular complexity index is 592. The molecule has 3 rings (SSSR count). The zero-order valence-electron chi connectivity index (χ0n) is 11.2. The number of aryl methyl sites for hydroxylation is 1. The van der Waals surface area contributed by atoms with E-state index in [-0.39, 0.29) is 0 Å². The minimum Gasteiger partial charge on any atom is -0.486 e. The van der Waals surface area contributed by atoms with E-state index in [0.29, 0.717) is 13.2 Å². The molecule has 1 aliphatic rings. The van der Waals surface area contributed by atoms with E-state index in [2.05, 4.69) is 46.4 Å². The molecule has 0 aliphatic carbocycles. The first-order valence-corrected chi connectivity index (χ1v) is 8.17. The van der Waals surface area contributed by atoms with Gasteiger partial charge in [-0.1, -0.05) is 6.07 Å². The van der Waals surface area contributed by atoms with Gasteiger partial charge in [0.15, 0.2) is 11.5 Å². The smallest absolute Gasteiger partial charge is 0.161 e. The molecule has 0 saturated heterocycles. The quantitative estimate of drug-likeness (QED) is 0.904. The monoisotopic (exact) mass is 353 g/mol. The van der Waals surface area contributed by atoms with Crippen LogP contribution in [0.4, 0.5) is 0 Å². The summed E-state index contributed by atoms with van der Waals surface area (Å²) < 4.78 is 12.3. The Labute approximate surface area is 131 Å². The Hall–Kier alpha value is -1.04. The van der Waals surface area contributed by atoms with Gasteiger partial charge in [-0.2, -0.15) is 0 Å². The van der Waals surface area contributed by atoms with Crippen LogP contribution in [0.5, 0.6) is 11.5 Å². The van der Waals surface area contributed by atoms with Crippen LogP contribution in [0.15, 0.2) is 28.7 Å². The zero-order chi connectivity index (χ0) is 13.9. The van der Waals surface area contributed by atoms with Gasteiger partial charge in [-0.05, 0) is 46.6 Å². The molecule has 0 radical (unpaired) electrons. The summed E-state index contributed by atoms with van der Waals surface area (Å²) in [5.74, 6) is 1.70. The molecular weight excluding hydrogens is 338 g/mol. The number of fused-ring (bicyclic) bond motifs is 1. The molecular formula is C15H16BrNO2S. The normalized spacial score (nSPS) is 13.5. The molecule has 1 N–H and O–H groups in total. The van der Waals surface area contributed by atoms with E-state index in [1.807, 2.05) is 17.4 Å². The highest BCUT2D eigenvalue weighted by Gasteiger charge is 2.11. The minimum atomic E-state index is 0.631. The molecule has 3 nitrogen and oxygen atoms in total. The number of halogens is 1. The molecule has 0 atom stereocenters. The highest BCUT2D eigenvalue weighted by atomic mass is 79.9. The van der Waals surface area contributed by atoms with Crippen molar-refractivity contribution in [1.82, 2.24) is 5.32 Å². The van der Waals surface area contributed by atoms with Crippen LogP contribution in [0.3, 0.4) is 0 Å². The van der Waals surface area contributed by atoms with Gasteiger partial charge < -0.3 is 14.8 Å². The topological polar surface area (TPSA) is 30.5 Å². The largest absolute Gasteiger partial charge is 0.486 e. The maximum absolute atomic E-state index is 5.59. The second-order valence-corrected chi connectivity index (χ2v) is 6.89. The van der Waals surface area contributed by atoms with Gasteiger partial charge in [-0.3, -0.25) is 0 Å². The van der Waals surface area contributed by atoms with Crippen molar-refractivity contribution >= 4 is 27.3 Å². The summed E-state index contributed by atoms with van der Waals surface area (Å²) in [5, 5.41) is 3.46. The van der Waals surface area contributed by atoms with Crippen LogP contribution in [0, 0.1) is 6.92 Å². The third-order valence-corrected chi connectivity index (χ3v) is 5.28. The predicted octanol–water partition coefficient (Wildman–Crippen LogP) is 3.88. The molecule has 2 heterocycles. The fourth-order valence-corrected chi connectivity index (χ4v) is 3.70. The van der Waals surface area contributed by atoms with Crippen LogP contribution in [0.1, 0.15) is 15.3 Å². The summed E-state index contributed by atoms with van der Waals surface area (Å²) in [4.78, 5) is 2.66. The van der Waals surface area contributed by atoms with Gasteiger partial charge in [0.05, 0.1) is 0 Å². The SMILES string of the molecule is Cc1sc(CNCc2ccc3c(c2)OCCO3)cc1Br. The predicted molar refractivity (Wildman–Crippen MR) is 84.7 cm³/mol. The van der Waals surface area contributed by atoms with E-state index in [1.54, 1.807) is 0 Å². The first-order chi connectivity index (χ1) is 9.72. The van der Waals surface area contributed by atoms with E-state index < -0.39 is 0 Å². The number of hydrogen-bond donors (Lipinski definition) is 1. The maximum Gasteiger partial charge on any atom is 0.161 e. The van der Waals surface area contributed by atoms with Gasteiger partial charge in [-0.15, -0.1) is 11.3 Å². The molecule has 0 saturated carbocycles. The molecule has 0 amide bonds. The summed E-state index contributed by atoms with van der Waals surface area (Å²) in [6.45, 7) is 5.10. The van der Waals surface area contributed by atoms with E-state index in [0.717, 1.165) is 24.6 Å². The Morgan fingerprint density at radius 3 is 2.70 bits per heavy atom. The number of rotatable bonds is 4. The number of benzene rings is 1. The molecule has 0 fully saturated rings. The molecule has 0 unspecified atom stereocenters. The highest BCUT2D eigenvalue weighted by molar-refractivity contribution is 9.10. The first kappa shape index (κ1) is 13.9. The van der Waals surface area contributed by atoms with Crippen LogP contribution in [-0.4, -0.2) is 13.2 Å². The van der Waals surface area contributed by atoms with Crippen molar-refractivity contribution in [2.45, 2.75) is 20.0 Å². The lowest BCUT2D eigenvalue weighted by atomic mass is 10.2. The van der Waals surface area contributed by atoms with Crippen LogP contribution < -0.4 is 14.8 Å². The summed E-state index contributed by atoms with van der Waals surface area (Å²) in [5.41, 5.74) is 1.21. The summed E-state index contributed by atoms with van der Waals surface area (Å²) >= 11 is 5.36. The third-order valence-electron chi connectivity index (χ3n) is 3.14. The molecule has 2 aromatic rings. The average Bonchev–Trinajstić information content (AvgIpc) is 2.77. The molecule has 20 heavy (non-hydrogen) atoms. The fourth-order valence-electron chi connectivity index (χ4n) is 2.13. The average molecular weight is 354 g/mol. The van der Waals surface area contributed by atoms with Crippen molar-refractivity contribution in [3.63, 3.8) is 0 Å². The van der Waals surface area contributed by atoms with Crippen molar-refractivity contribution < 1.29 is 9.47 Å². The van der Waals surface area contributed by atoms with Crippen LogP contribution in [-0.2, 0) is 13.1 Å². The Morgan fingerprint density at radius 2 is 1.95 bits per heavy atom. The number of thiophene rings is 1. The maximum atomic E-state index is 5.59. The van der Waals surface area contributed by atoms with Crippen molar-refractivity contribution in [2.75, 3.05) is 13.2 Å². The molecule has 1 aliphatic heterocycles. The second kappa shape index (κ2) is 6.16. The Balaban J connectivity index is 1.58. The second-order valence-electron chi connectivity index (χ2n) is 4.70. The number of nitrogens with one attached hydrogen (secondary N) is 1. The van der Waals surface area contributed by atoms with E-state index >= 15 is 0 Å². The van der Waals surface area contributed by atoms with Crippen molar-refractivity contribution in [3.8, 4) is 11.5 Å². The minimum absolute atomic E-state index is 0.631. The van der Waals surface area contributed by atoms with E-state index in [9.17, 15) is 0 Å². The van der Waals surface area contributed by atoms with Crippen molar-refractivity contribution in [1.29, 1.82) is 0 Å². The Morgan fingerprint density at radius 1 is 1.15 bits per heavy atom. The van der Waals surface area contributed by atoms with Gasteiger partial charge in [0.1, 0.15) is 13.2 Å².